The quantitative estimate of drug-likeness (QED) is 0.460. The van der Waals surface area contributed by atoms with E-state index in [1.807, 2.05) is 0 Å². The van der Waals surface area contributed by atoms with Gasteiger partial charge >= 0.3 is 0 Å². The lowest BCUT2D eigenvalue weighted by molar-refractivity contribution is -0.408. The number of hydrogen-bond donors (Lipinski definition) is 0. The lowest BCUT2D eigenvalue weighted by Gasteiger charge is -2.40. The Labute approximate surface area is 47.8 Å². The zero-order valence-electron chi connectivity index (χ0n) is 4.54. The van der Waals surface area contributed by atoms with Crippen LogP contribution in [-0.2, 0) is 9.47 Å². The Balaban J connectivity index is 1.91. The lowest BCUT2D eigenvalue weighted by atomic mass is 10.1. The first-order valence-electron chi connectivity index (χ1n) is 3.24. The van der Waals surface area contributed by atoms with Gasteiger partial charge in [-0.3, -0.25) is 0 Å². The minimum absolute atomic E-state index is 0.198. The second kappa shape index (κ2) is 0.957. The summed E-state index contributed by atoms with van der Waals surface area (Å²) in [5.41, 5.74) is 0. The summed E-state index contributed by atoms with van der Waals surface area (Å²) >= 11 is 0. The van der Waals surface area contributed by atoms with Crippen LogP contribution in [0.1, 0.15) is 12.8 Å². The topological polar surface area (TPSA) is 18.5 Å². The summed E-state index contributed by atoms with van der Waals surface area (Å²) in [4.78, 5) is 0. The molecule has 0 aromatic rings. The summed E-state index contributed by atoms with van der Waals surface area (Å²) in [5, 5.41) is 0. The molecule has 2 nitrogen and oxygen atoms in total. The molecule has 0 spiro atoms. The third-order valence-corrected chi connectivity index (χ3v) is 2.39. The van der Waals surface area contributed by atoms with E-state index in [-0.39, 0.29) is 12.6 Å². The standard InChI is InChI=1S/C6H8O2/c1-3-2-5-7-6(8-5)4(1)3/h3-6H,1-2H2. The molecule has 2 atom stereocenters. The second-order valence-electron chi connectivity index (χ2n) is 2.97. The normalized spacial score (nSPS) is 66.0. The van der Waals surface area contributed by atoms with Crippen molar-refractivity contribution in [2.75, 3.05) is 0 Å². The molecule has 3 heterocycles. The van der Waals surface area contributed by atoms with E-state index in [1.54, 1.807) is 0 Å². The van der Waals surface area contributed by atoms with Crippen LogP contribution in [0.2, 0.25) is 0 Å². The molecule has 3 saturated heterocycles. The lowest BCUT2D eigenvalue weighted by Crippen LogP contribution is -2.46. The van der Waals surface area contributed by atoms with Crippen LogP contribution in [0.4, 0.5) is 0 Å². The molecule has 2 bridgehead atoms. The van der Waals surface area contributed by atoms with Gasteiger partial charge in [0.05, 0.1) is 0 Å². The van der Waals surface area contributed by atoms with Crippen molar-refractivity contribution in [1.82, 2.24) is 0 Å². The molecule has 2 unspecified atom stereocenters. The molecule has 1 saturated carbocycles. The molecule has 4 aliphatic rings. The van der Waals surface area contributed by atoms with E-state index < -0.39 is 0 Å². The summed E-state index contributed by atoms with van der Waals surface area (Å²) in [6.45, 7) is 0. The minimum Gasteiger partial charge on any atom is -0.323 e. The Bertz CT molecular complexity index is 128. The molecule has 44 valence electrons. The van der Waals surface area contributed by atoms with Crippen molar-refractivity contribution in [2.24, 2.45) is 11.8 Å². The van der Waals surface area contributed by atoms with Gasteiger partial charge in [0.25, 0.3) is 0 Å². The van der Waals surface area contributed by atoms with E-state index in [9.17, 15) is 0 Å². The minimum atomic E-state index is 0.198. The monoisotopic (exact) mass is 112 g/mol. The maximum atomic E-state index is 5.31. The molecule has 8 heavy (non-hydrogen) atoms. The van der Waals surface area contributed by atoms with Crippen LogP contribution in [0.3, 0.4) is 0 Å². The first-order valence-corrected chi connectivity index (χ1v) is 3.24. The van der Waals surface area contributed by atoms with Crippen LogP contribution >= 0.6 is 0 Å². The van der Waals surface area contributed by atoms with E-state index in [2.05, 4.69) is 0 Å². The summed E-state index contributed by atoms with van der Waals surface area (Å²) in [6, 6.07) is 0. The zero-order chi connectivity index (χ0) is 5.14. The highest BCUT2D eigenvalue weighted by Crippen LogP contribution is 2.55. The molecule has 0 amide bonds. The van der Waals surface area contributed by atoms with Crippen molar-refractivity contribution in [3.63, 3.8) is 0 Å². The van der Waals surface area contributed by atoms with E-state index in [0.717, 1.165) is 11.8 Å². The Kier molecular flexibility index (Phi) is 0.461. The molecule has 1 aliphatic carbocycles. The van der Waals surface area contributed by atoms with E-state index in [1.165, 1.54) is 12.8 Å². The predicted molar refractivity (Wildman–Crippen MR) is 26.0 cm³/mol. The van der Waals surface area contributed by atoms with Crippen molar-refractivity contribution in [3.05, 3.63) is 0 Å². The molecule has 0 N–H and O–H groups in total. The first-order chi connectivity index (χ1) is 3.93. The Morgan fingerprint density at radius 3 is 2.50 bits per heavy atom. The van der Waals surface area contributed by atoms with Crippen LogP contribution in [0.5, 0.6) is 0 Å². The highest BCUT2D eigenvalue weighted by atomic mass is 16.9. The van der Waals surface area contributed by atoms with Crippen molar-refractivity contribution in [1.29, 1.82) is 0 Å². The molecular weight excluding hydrogens is 104 g/mol. The molecule has 2 heteroatoms. The third-order valence-electron chi connectivity index (χ3n) is 2.39. The summed E-state index contributed by atoms with van der Waals surface area (Å²) in [5.74, 6) is 1.77. The fraction of sp³-hybridized carbons (Fsp3) is 1.00. The van der Waals surface area contributed by atoms with Gasteiger partial charge in [-0.1, -0.05) is 0 Å². The molecule has 4 rings (SSSR count). The molecular formula is C6H8O2. The number of hydrogen-bond acceptors (Lipinski definition) is 2. The van der Waals surface area contributed by atoms with Crippen LogP contribution in [-0.4, -0.2) is 12.6 Å². The molecule has 0 radical (unpaired) electrons. The van der Waals surface area contributed by atoms with Gasteiger partial charge < -0.3 is 9.47 Å². The van der Waals surface area contributed by atoms with Crippen molar-refractivity contribution in [3.8, 4) is 0 Å². The Morgan fingerprint density at radius 2 is 2.00 bits per heavy atom. The summed E-state index contributed by atoms with van der Waals surface area (Å²) in [6.07, 6.45) is 2.95. The molecule has 3 aliphatic heterocycles. The van der Waals surface area contributed by atoms with Crippen molar-refractivity contribution < 1.29 is 9.47 Å². The van der Waals surface area contributed by atoms with Crippen LogP contribution in [0, 0.1) is 11.8 Å². The van der Waals surface area contributed by atoms with Gasteiger partial charge in [0, 0.05) is 12.3 Å². The average molecular weight is 112 g/mol. The SMILES string of the molecule is C1C2OC(O2)C2CC12. The molecule has 0 aromatic carbocycles. The van der Waals surface area contributed by atoms with E-state index in [0.29, 0.717) is 0 Å². The van der Waals surface area contributed by atoms with Gasteiger partial charge in [0.2, 0.25) is 0 Å². The van der Waals surface area contributed by atoms with E-state index >= 15 is 0 Å². The fourth-order valence-electron chi connectivity index (χ4n) is 1.74. The zero-order valence-corrected chi connectivity index (χ0v) is 4.54. The fourth-order valence-corrected chi connectivity index (χ4v) is 1.74. The van der Waals surface area contributed by atoms with Crippen molar-refractivity contribution in [2.45, 2.75) is 25.4 Å². The second-order valence-corrected chi connectivity index (χ2v) is 2.97. The maximum absolute atomic E-state index is 5.31. The van der Waals surface area contributed by atoms with Crippen molar-refractivity contribution >= 4 is 0 Å². The molecule has 0 aromatic heterocycles. The molecule has 4 fully saturated rings. The van der Waals surface area contributed by atoms with Gasteiger partial charge in [-0.15, -0.1) is 0 Å². The van der Waals surface area contributed by atoms with Gasteiger partial charge in [0.15, 0.2) is 12.6 Å². The smallest absolute Gasteiger partial charge is 0.166 e. The largest absolute Gasteiger partial charge is 0.323 e. The summed E-state index contributed by atoms with van der Waals surface area (Å²) < 4.78 is 10.6. The number of ether oxygens (including phenoxy) is 2. The van der Waals surface area contributed by atoms with Crippen LogP contribution in [0.15, 0.2) is 0 Å². The highest BCUT2D eigenvalue weighted by Gasteiger charge is 2.57. The number of rotatable bonds is 0. The highest BCUT2D eigenvalue weighted by molar-refractivity contribution is 4.96. The summed E-state index contributed by atoms with van der Waals surface area (Å²) in [7, 11) is 0. The van der Waals surface area contributed by atoms with Gasteiger partial charge in [-0.25, -0.2) is 0 Å². The van der Waals surface area contributed by atoms with Gasteiger partial charge in [-0.2, -0.15) is 0 Å². The predicted octanol–water partition coefficient (Wildman–Crippen LogP) is 0.725. The third kappa shape index (κ3) is 0.298. The van der Waals surface area contributed by atoms with Gasteiger partial charge in [-0.05, 0) is 12.3 Å². The average Bonchev–Trinajstić information content (AvgIpc) is 2.35. The van der Waals surface area contributed by atoms with Gasteiger partial charge in [0.1, 0.15) is 0 Å². The first kappa shape index (κ1) is 3.85. The van der Waals surface area contributed by atoms with Crippen LogP contribution in [0.25, 0.3) is 0 Å². The Morgan fingerprint density at radius 1 is 1.12 bits per heavy atom. The Hall–Kier alpha value is -0.0800. The maximum Gasteiger partial charge on any atom is 0.166 e. The van der Waals surface area contributed by atoms with Crippen LogP contribution < -0.4 is 0 Å². The van der Waals surface area contributed by atoms with E-state index in [4.69, 9.17) is 9.47 Å².